The fourth-order valence-electron chi connectivity index (χ4n) is 2.73. The number of urea groups is 1. The van der Waals surface area contributed by atoms with Crippen LogP contribution in [0.1, 0.15) is 23.4 Å². The van der Waals surface area contributed by atoms with Gasteiger partial charge in [-0.1, -0.05) is 0 Å². The quantitative estimate of drug-likeness (QED) is 0.793. The number of carbonyl (C=O) groups is 2. The first-order valence-corrected chi connectivity index (χ1v) is 9.99. The van der Waals surface area contributed by atoms with Gasteiger partial charge >= 0.3 is 6.03 Å². The smallest absolute Gasteiger partial charge is 0.321 e. The van der Waals surface area contributed by atoms with Crippen molar-refractivity contribution in [3.05, 3.63) is 10.6 Å². The van der Waals surface area contributed by atoms with E-state index in [1.807, 2.05) is 0 Å². The van der Waals surface area contributed by atoms with Gasteiger partial charge in [0.2, 0.25) is 5.91 Å². The van der Waals surface area contributed by atoms with Crippen molar-refractivity contribution in [1.29, 1.82) is 0 Å². The largest absolute Gasteiger partial charge is 0.344 e. The Morgan fingerprint density at radius 2 is 2.22 bits per heavy atom. The van der Waals surface area contributed by atoms with Gasteiger partial charge in [-0.3, -0.25) is 10.1 Å². The fraction of sp³-hybridized carbons (Fsp3) is 0.615. The van der Waals surface area contributed by atoms with E-state index in [0.29, 0.717) is 29.4 Å². The lowest BCUT2D eigenvalue weighted by atomic mass is 10.1. The Kier molecular flexibility index (Phi) is 4.28. The van der Waals surface area contributed by atoms with E-state index in [9.17, 15) is 18.0 Å². The average molecular weight is 358 g/mol. The molecule has 3 heterocycles. The summed E-state index contributed by atoms with van der Waals surface area (Å²) in [6.07, 6.45) is 1.84. The molecule has 1 aromatic rings. The summed E-state index contributed by atoms with van der Waals surface area (Å²) in [7, 11) is -1.34. The Bertz CT molecular complexity index is 743. The van der Waals surface area contributed by atoms with E-state index in [-0.39, 0.29) is 17.4 Å². The highest BCUT2D eigenvalue weighted by molar-refractivity contribution is 7.90. The summed E-state index contributed by atoms with van der Waals surface area (Å²) in [5.41, 5.74) is 0.730. The van der Waals surface area contributed by atoms with Crippen LogP contribution in [0.4, 0.5) is 9.93 Å². The molecule has 3 amide bonds. The van der Waals surface area contributed by atoms with Crippen LogP contribution in [0.25, 0.3) is 0 Å². The molecule has 0 saturated carbocycles. The summed E-state index contributed by atoms with van der Waals surface area (Å²) in [5.74, 6) is -0.0241. The van der Waals surface area contributed by atoms with Crippen molar-refractivity contribution in [2.45, 2.75) is 31.1 Å². The number of nitrogens with zero attached hydrogens (tertiary/aromatic N) is 2. The number of nitrogens with one attached hydrogen (secondary N) is 2. The Morgan fingerprint density at radius 3 is 3.00 bits per heavy atom. The van der Waals surface area contributed by atoms with Crippen LogP contribution >= 0.6 is 11.3 Å². The standard InChI is InChI=1S/C13H18N4O4S2/c1-17-5-2-3-9(11(17)18)14-12(19)16-13-15-8-4-6-23(20,21)7-10(8)22-13/h9H,2-7H2,1H3,(H2,14,15,16,19). The van der Waals surface area contributed by atoms with Gasteiger partial charge in [0.25, 0.3) is 0 Å². The molecule has 23 heavy (non-hydrogen) atoms. The number of aromatic nitrogens is 1. The molecule has 10 heteroatoms. The number of likely N-dealkylation sites (tertiary alicyclic amines) is 1. The number of rotatable bonds is 2. The Balaban J connectivity index is 1.63. The van der Waals surface area contributed by atoms with Crippen LogP contribution in [0.15, 0.2) is 0 Å². The minimum absolute atomic E-state index is 0.0186. The molecule has 0 bridgehead atoms. The SMILES string of the molecule is CN1CCCC(NC(=O)Nc2nc3c(s2)CS(=O)(=O)CC3)C1=O. The number of amides is 3. The molecular weight excluding hydrogens is 340 g/mol. The van der Waals surface area contributed by atoms with Crippen molar-refractivity contribution in [2.24, 2.45) is 0 Å². The molecule has 126 valence electrons. The lowest BCUT2D eigenvalue weighted by Gasteiger charge is -2.29. The maximum absolute atomic E-state index is 12.0. The van der Waals surface area contributed by atoms with Gasteiger partial charge in [-0.25, -0.2) is 18.2 Å². The average Bonchev–Trinajstić information content (AvgIpc) is 2.83. The number of sulfone groups is 1. The van der Waals surface area contributed by atoms with Crippen LogP contribution in [0, 0.1) is 0 Å². The highest BCUT2D eigenvalue weighted by Crippen LogP contribution is 2.29. The fourth-order valence-corrected chi connectivity index (χ4v) is 5.51. The van der Waals surface area contributed by atoms with Gasteiger partial charge in [0.05, 0.1) is 17.2 Å². The second kappa shape index (κ2) is 6.08. The van der Waals surface area contributed by atoms with Crippen molar-refractivity contribution in [2.75, 3.05) is 24.7 Å². The van der Waals surface area contributed by atoms with Crippen molar-refractivity contribution < 1.29 is 18.0 Å². The highest BCUT2D eigenvalue weighted by atomic mass is 32.2. The Labute approximate surface area is 138 Å². The number of piperidine rings is 1. The molecule has 1 aromatic heterocycles. The Hall–Kier alpha value is -1.68. The predicted molar refractivity (Wildman–Crippen MR) is 86.1 cm³/mol. The molecular formula is C13H18N4O4S2. The summed E-state index contributed by atoms with van der Waals surface area (Å²) >= 11 is 1.17. The first-order chi connectivity index (χ1) is 10.8. The molecule has 1 saturated heterocycles. The van der Waals surface area contributed by atoms with Crippen LogP contribution in [0.3, 0.4) is 0 Å². The van der Waals surface area contributed by atoms with E-state index in [1.165, 1.54) is 11.3 Å². The molecule has 0 spiro atoms. The first-order valence-electron chi connectivity index (χ1n) is 7.35. The third kappa shape index (κ3) is 3.63. The van der Waals surface area contributed by atoms with Gasteiger partial charge in [-0.05, 0) is 12.8 Å². The summed E-state index contributed by atoms with van der Waals surface area (Å²) in [4.78, 5) is 30.5. The van der Waals surface area contributed by atoms with Gasteiger partial charge in [0.1, 0.15) is 6.04 Å². The monoisotopic (exact) mass is 358 g/mol. The lowest BCUT2D eigenvalue weighted by Crippen LogP contribution is -2.51. The van der Waals surface area contributed by atoms with Gasteiger partial charge in [0, 0.05) is 24.9 Å². The second-order valence-corrected chi connectivity index (χ2v) is 9.05. The van der Waals surface area contributed by atoms with Gasteiger partial charge in [0.15, 0.2) is 15.0 Å². The van der Waals surface area contributed by atoms with Gasteiger partial charge < -0.3 is 10.2 Å². The zero-order valence-electron chi connectivity index (χ0n) is 12.7. The zero-order valence-corrected chi connectivity index (χ0v) is 14.3. The molecule has 1 unspecified atom stereocenters. The molecule has 8 nitrogen and oxygen atoms in total. The Morgan fingerprint density at radius 1 is 1.43 bits per heavy atom. The van der Waals surface area contributed by atoms with E-state index in [0.717, 1.165) is 12.1 Å². The number of hydrogen-bond donors (Lipinski definition) is 2. The van der Waals surface area contributed by atoms with Crippen molar-refractivity contribution in [3.63, 3.8) is 0 Å². The predicted octanol–water partition coefficient (Wildman–Crippen LogP) is 0.356. The summed E-state index contributed by atoms with van der Waals surface area (Å²) in [5, 5.41) is 5.61. The topological polar surface area (TPSA) is 108 Å². The highest BCUT2D eigenvalue weighted by Gasteiger charge is 2.29. The molecule has 2 N–H and O–H groups in total. The maximum atomic E-state index is 12.0. The van der Waals surface area contributed by atoms with Crippen LogP contribution < -0.4 is 10.6 Å². The number of aryl methyl sites for hydroxylation is 1. The van der Waals surface area contributed by atoms with Gasteiger partial charge in [-0.2, -0.15) is 0 Å². The number of hydrogen-bond acceptors (Lipinski definition) is 6. The van der Waals surface area contributed by atoms with E-state index < -0.39 is 21.9 Å². The second-order valence-electron chi connectivity index (χ2n) is 5.78. The third-order valence-electron chi connectivity index (χ3n) is 3.97. The van der Waals surface area contributed by atoms with E-state index in [4.69, 9.17) is 0 Å². The van der Waals surface area contributed by atoms with Crippen LogP contribution in [-0.4, -0.2) is 55.6 Å². The number of carbonyl (C=O) groups excluding carboxylic acids is 2. The van der Waals surface area contributed by atoms with Crippen molar-refractivity contribution in [1.82, 2.24) is 15.2 Å². The number of thiazole rings is 1. The molecule has 0 aliphatic carbocycles. The number of anilines is 1. The normalized spacial score (nSPS) is 23.3. The minimum Gasteiger partial charge on any atom is -0.344 e. The molecule has 0 aromatic carbocycles. The maximum Gasteiger partial charge on any atom is 0.321 e. The van der Waals surface area contributed by atoms with E-state index in [2.05, 4.69) is 15.6 Å². The number of fused-ring (bicyclic) bond motifs is 1. The lowest BCUT2D eigenvalue weighted by molar-refractivity contribution is -0.134. The third-order valence-corrected chi connectivity index (χ3v) is 6.72. The van der Waals surface area contributed by atoms with Crippen LogP contribution in [0.2, 0.25) is 0 Å². The zero-order chi connectivity index (χ0) is 16.6. The molecule has 3 rings (SSSR count). The molecule has 0 radical (unpaired) electrons. The van der Waals surface area contributed by atoms with Crippen molar-refractivity contribution in [3.8, 4) is 0 Å². The summed E-state index contributed by atoms with van der Waals surface area (Å²) < 4.78 is 23.2. The van der Waals surface area contributed by atoms with Crippen LogP contribution in [0.5, 0.6) is 0 Å². The van der Waals surface area contributed by atoms with E-state index in [1.54, 1.807) is 11.9 Å². The van der Waals surface area contributed by atoms with E-state index >= 15 is 0 Å². The molecule has 1 atom stereocenters. The van der Waals surface area contributed by atoms with Crippen LogP contribution in [-0.2, 0) is 26.8 Å². The first kappa shape index (κ1) is 16.2. The molecule has 2 aliphatic rings. The molecule has 1 fully saturated rings. The number of likely N-dealkylation sites (N-methyl/N-ethyl adjacent to an activating group) is 1. The summed E-state index contributed by atoms with van der Waals surface area (Å²) in [6, 6.07) is -1.02. The molecule has 2 aliphatic heterocycles. The summed E-state index contributed by atoms with van der Waals surface area (Å²) in [6.45, 7) is 0.701. The van der Waals surface area contributed by atoms with Crippen molar-refractivity contribution >= 4 is 38.2 Å². The minimum atomic E-state index is -3.06. The van der Waals surface area contributed by atoms with Gasteiger partial charge in [-0.15, -0.1) is 11.3 Å².